The Bertz CT molecular complexity index is 665. The van der Waals surface area contributed by atoms with Crippen molar-refractivity contribution in [2.24, 2.45) is 0 Å². The van der Waals surface area contributed by atoms with Crippen LogP contribution in [0.4, 0.5) is 10.5 Å². The van der Waals surface area contributed by atoms with E-state index in [0.29, 0.717) is 30.3 Å². The SMILES string of the molecule is O=C(COC(=O)CCN1CCSC1=O)Nc1ccc2c(c1)OCO2. The average molecular weight is 352 g/mol. The van der Waals surface area contributed by atoms with Crippen molar-refractivity contribution in [1.29, 1.82) is 0 Å². The molecule has 1 aromatic carbocycles. The van der Waals surface area contributed by atoms with Gasteiger partial charge >= 0.3 is 5.97 Å². The van der Waals surface area contributed by atoms with Gasteiger partial charge < -0.3 is 24.4 Å². The van der Waals surface area contributed by atoms with Crippen molar-refractivity contribution in [3.63, 3.8) is 0 Å². The zero-order chi connectivity index (χ0) is 16.9. The van der Waals surface area contributed by atoms with Gasteiger partial charge in [0.25, 0.3) is 11.1 Å². The third kappa shape index (κ3) is 4.10. The number of hydrogen-bond acceptors (Lipinski definition) is 7. The lowest BCUT2D eigenvalue weighted by Crippen LogP contribution is -2.27. The van der Waals surface area contributed by atoms with Gasteiger partial charge in [0.05, 0.1) is 6.42 Å². The van der Waals surface area contributed by atoms with Gasteiger partial charge in [0.1, 0.15) is 0 Å². The molecule has 2 aliphatic rings. The Labute approximate surface area is 142 Å². The molecule has 0 aliphatic carbocycles. The lowest BCUT2D eigenvalue weighted by molar-refractivity contribution is -0.147. The molecule has 1 aromatic rings. The number of thioether (sulfide) groups is 1. The summed E-state index contributed by atoms with van der Waals surface area (Å²) in [4.78, 5) is 36.4. The molecule has 2 heterocycles. The van der Waals surface area contributed by atoms with E-state index in [4.69, 9.17) is 14.2 Å². The molecule has 1 N–H and O–H groups in total. The molecule has 0 radical (unpaired) electrons. The molecule has 8 nitrogen and oxygen atoms in total. The first-order valence-electron chi connectivity index (χ1n) is 7.38. The molecule has 0 unspecified atom stereocenters. The summed E-state index contributed by atoms with van der Waals surface area (Å²) in [5.41, 5.74) is 0.528. The normalized spacial score (nSPS) is 15.5. The number of carbonyl (C=O) groups is 3. The molecule has 0 bridgehead atoms. The molecular weight excluding hydrogens is 336 g/mol. The van der Waals surface area contributed by atoms with E-state index >= 15 is 0 Å². The zero-order valence-electron chi connectivity index (χ0n) is 12.8. The van der Waals surface area contributed by atoms with Gasteiger partial charge in [0, 0.05) is 30.6 Å². The number of esters is 1. The van der Waals surface area contributed by atoms with Crippen molar-refractivity contribution in [3.8, 4) is 11.5 Å². The average Bonchev–Trinajstić information content (AvgIpc) is 3.19. The molecule has 0 atom stereocenters. The van der Waals surface area contributed by atoms with Gasteiger partial charge in [0.2, 0.25) is 6.79 Å². The van der Waals surface area contributed by atoms with Gasteiger partial charge in [-0.2, -0.15) is 0 Å². The number of benzene rings is 1. The molecule has 24 heavy (non-hydrogen) atoms. The van der Waals surface area contributed by atoms with Crippen LogP contribution in [0.3, 0.4) is 0 Å². The Morgan fingerprint density at radius 2 is 2.12 bits per heavy atom. The summed E-state index contributed by atoms with van der Waals surface area (Å²) in [5.74, 6) is 0.953. The molecule has 0 saturated carbocycles. The summed E-state index contributed by atoms with van der Waals surface area (Å²) < 4.78 is 15.3. The number of rotatable bonds is 6. The monoisotopic (exact) mass is 352 g/mol. The number of nitrogens with zero attached hydrogens (tertiary/aromatic N) is 1. The van der Waals surface area contributed by atoms with E-state index in [9.17, 15) is 14.4 Å². The van der Waals surface area contributed by atoms with Gasteiger partial charge in [-0.3, -0.25) is 14.4 Å². The van der Waals surface area contributed by atoms with Crippen LogP contribution in [-0.4, -0.2) is 54.3 Å². The highest BCUT2D eigenvalue weighted by atomic mass is 32.2. The Balaban J connectivity index is 1.39. The number of anilines is 1. The van der Waals surface area contributed by atoms with Crippen LogP contribution in [0.15, 0.2) is 18.2 Å². The predicted molar refractivity (Wildman–Crippen MR) is 86.2 cm³/mol. The summed E-state index contributed by atoms with van der Waals surface area (Å²) in [6, 6.07) is 5.00. The molecule has 3 rings (SSSR count). The molecule has 128 valence electrons. The summed E-state index contributed by atoms with van der Waals surface area (Å²) in [6.07, 6.45) is 0.0730. The first kappa shape index (κ1) is 16.4. The van der Waals surface area contributed by atoms with Crippen molar-refractivity contribution >= 4 is 34.6 Å². The van der Waals surface area contributed by atoms with Gasteiger partial charge in [0.15, 0.2) is 18.1 Å². The maximum atomic E-state index is 11.8. The summed E-state index contributed by atoms with van der Waals surface area (Å²) in [5, 5.41) is 2.59. The van der Waals surface area contributed by atoms with Crippen molar-refractivity contribution in [3.05, 3.63) is 18.2 Å². The lowest BCUT2D eigenvalue weighted by atomic mass is 10.3. The standard InChI is InChI=1S/C15H16N2O6S/c18-13(16-10-1-2-11-12(7-10)23-9-22-11)8-21-14(19)3-4-17-5-6-24-15(17)20/h1-2,7H,3-6,8-9H2,(H,16,18). The van der Waals surface area contributed by atoms with Crippen LogP contribution < -0.4 is 14.8 Å². The van der Waals surface area contributed by atoms with E-state index in [-0.39, 0.29) is 25.1 Å². The first-order chi connectivity index (χ1) is 11.6. The quantitative estimate of drug-likeness (QED) is 0.775. The topological polar surface area (TPSA) is 94.2 Å². The van der Waals surface area contributed by atoms with Crippen LogP contribution in [0.25, 0.3) is 0 Å². The van der Waals surface area contributed by atoms with E-state index in [1.807, 2.05) is 0 Å². The van der Waals surface area contributed by atoms with Crippen LogP contribution in [0, 0.1) is 0 Å². The molecule has 0 spiro atoms. The van der Waals surface area contributed by atoms with Crippen LogP contribution in [-0.2, 0) is 14.3 Å². The third-order valence-corrected chi connectivity index (χ3v) is 4.34. The summed E-state index contributed by atoms with van der Waals surface area (Å²) in [7, 11) is 0. The highest BCUT2D eigenvalue weighted by Crippen LogP contribution is 2.34. The van der Waals surface area contributed by atoms with Gasteiger partial charge in [-0.15, -0.1) is 0 Å². The maximum absolute atomic E-state index is 11.8. The van der Waals surface area contributed by atoms with E-state index in [1.54, 1.807) is 23.1 Å². The fourth-order valence-electron chi connectivity index (χ4n) is 2.24. The van der Waals surface area contributed by atoms with Crippen LogP contribution in [0.1, 0.15) is 6.42 Å². The smallest absolute Gasteiger partial charge is 0.308 e. The number of nitrogens with one attached hydrogen (secondary N) is 1. The minimum Gasteiger partial charge on any atom is -0.456 e. The van der Waals surface area contributed by atoms with E-state index in [0.717, 1.165) is 5.75 Å². The maximum Gasteiger partial charge on any atom is 0.308 e. The number of hydrogen-bond donors (Lipinski definition) is 1. The predicted octanol–water partition coefficient (Wildman–Crippen LogP) is 1.46. The van der Waals surface area contributed by atoms with Gasteiger partial charge in [-0.05, 0) is 12.1 Å². The Morgan fingerprint density at radius 1 is 1.29 bits per heavy atom. The molecule has 2 amide bonds. The van der Waals surface area contributed by atoms with E-state index < -0.39 is 11.9 Å². The van der Waals surface area contributed by atoms with Gasteiger partial charge in [-0.1, -0.05) is 11.8 Å². The van der Waals surface area contributed by atoms with E-state index in [2.05, 4.69) is 5.32 Å². The van der Waals surface area contributed by atoms with Crippen LogP contribution >= 0.6 is 11.8 Å². The molecule has 9 heteroatoms. The number of fused-ring (bicyclic) bond motifs is 1. The highest BCUT2D eigenvalue weighted by molar-refractivity contribution is 8.13. The molecule has 2 aliphatic heterocycles. The summed E-state index contributed by atoms with van der Waals surface area (Å²) in [6.45, 7) is 0.730. The first-order valence-corrected chi connectivity index (χ1v) is 8.37. The number of amides is 2. The minimum absolute atomic E-state index is 0.0247. The second kappa shape index (κ2) is 7.43. The van der Waals surface area contributed by atoms with Crippen molar-refractivity contribution in [1.82, 2.24) is 4.90 Å². The minimum atomic E-state index is -0.513. The Morgan fingerprint density at radius 3 is 2.92 bits per heavy atom. The Hall–Kier alpha value is -2.42. The van der Waals surface area contributed by atoms with Crippen LogP contribution in [0.2, 0.25) is 0 Å². The Kier molecular flexibility index (Phi) is 5.09. The highest BCUT2D eigenvalue weighted by Gasteiger charge is 2.22. The lowest BCUT2D eigenvalue weighted by Gasteiger charge is -2.13. The number of carbonyl (C=O) groups excluding carboxylic acids is 3. The van der Waals surface area contributed by atoms with Crippen LogP contribution in [0.5, 0.6) is 11.5 Å². The fourth-order valence-corrected chi connectivity index (χ4v) is 3.10. The van der Waals surface area contributed by atoms with Crippen molar-refractivity contribution < 1.29 is 28.6 Å². The third-order valence-electron chi connectivity index (χ3n) is 3.45. The fraction of sp³-hybridized carbons (Fsp3) is 0.400. The second-order valence-corrected chi connectivity index (χ2v) is 6.17. The summed E-state index contributed by atoms with van der Waals surface area (Å²) >= 11 is 1.24. The van der Waals surface area contributed by atoms with E-state index in [1.165, 1.54) is 11.8 Å². The molecule has 1 saturated heterocycles. The molecule has 1 fully saturated rings. The number of ether oxygens (including phenoxy) is 3. The van der Waals surface area contributed by atoms with Crippen molar-refractivity contribution in [2.45, 2.75) is 6.42 Å². The molecular formula is C15H16N2O6S. The van der Waals surface area contributed by atoms with Crippen molar-refractivity contribution in [2.75, 3.05) is 37.6 Å². The largest absolute Gasteiger partial charge is 0.456 e. The zero-order valence-corrected chi connectivity index (χ0v) is 13.6. The molecule has 0 aromatic heterocycles. The van der Waals surface area contributed by atoms with Gasteiger partial charge in [-0.25, -0.2) is 0 Å². The second-order valence-electron chi connectivity index (χ2n) is 5.13.